The molecule has 0 fully saturated rings. The molecule has 4 heteroatoms. The van der Waals surface area contributed by atoms with Crippen molar-refractivity contribution in [2.75, 3.05) is 20.3 Å². The van der Waals surface area contributed by atoms with Gasteiger partial charge in [0.15, 0.2) is 0 Å². The Bertz CT molecular complexity index is 286. The van der Waals surface area contributed by atoms with Gasteiger partial charge in [-0.05, 0) is 26.3 Å². The molecule has 1 heterocycles. The molecule has 1 rings (SSSR count). The average molecular weight is 225 g/mol. The summed E-state index contributed by atoms with van der Waals surface area (Å²) in [6.07, 6.45) is 6.23. The predicted molar refractivity (Wildman–Crippen MR) is 65.4 cm³/mol. The van der Waals surface area contributed by atoms with Crippen LogP contribution < -0.4 is 5.32 Å². The molecular weight excluding hydrogens is 202 g/mol. The maximum atomic E-state index is 5.02. The van der Waals surface area contributed by atoms with E-state index in [4.69, 9.17) is 4.74 Å². The molecule has 0 spiro atoms. The van der Waals surface area contributed by atoms with E-state index in [0.717, 1.165) is 32.5 Å². The fourth-order valence-electron chi connectivity index (χ4n) is 1.58. The number of nitrogens with one attached hydrogen (secondary N) is 1. The van der Waals surface area contributed by atoms with Gasteiger partial charge in [0.1, 0.15) is 0 Å². The summed E-state index contributed by atoms with van der Waals surface area (Å²) in [5, 5.41) is 7.79. The van der Waals surface area contributed by atoms with Gasteiger partial charge in [-0.3, -0.25) is 4.68 Å². The number of methoxy groups -OCH3 is 1. The number of rotatable bonds is 8. The molecule has 0 bridgehead atoms. The molecule has 0 aromatic carbocycles. The van der Waals surface area contributed by atoms with Gasteiger partial charge in [0.05, 0.1) is 6.20 Å². The molecule has 1 unspecified atom stereocenters. The highest BCUT2D eigenvalue weighted by atomic mass is 16.5. The summed E-state index contributed by atoms with van der Waals surface area (Å²) < 4.78 is 7.00. The van der Waals surface area contributed by atoms with Gasteiger partial charge < -0.3 is 10.1 Å². The zero-order valence-corrected chi connectivity index (χ0v) is 10.6. The maximum absolute atomic E-state index is 5.02. The minimum Gasteiger partial charge on any atom is -0.385 e. The second kappa shape index (κ2) is 7.41. The second-order valence-electron chi connectivity index (χ2n) is 4.06. The van der Waals surface area contributed by atoms with Crippen molar-refractivity contribution in [3.8, 4) is 0 Å². The third kappa shape index (κ3) is 4.33. The first kappa shape index (κ1) is 13.2. The van der Waals surface area contributed by atoms with Gasteiger partial charge in [-0.25, -0.2) is 0 Å². The summed E-state index contributed by atoms with van der Waals surface area (Å²) >= 11 is 0. The number of nitrogens with zero attached hydrogens (tertiary/aromatic N) is 2. The molecule has 1 atom stereocenters. The number of hydrogen-bond donors (Lipinski definition) is 1. The highest BCUT2D eigenvalue weighted by Crippen LogP contribution is 2.10. The Balaban J connectivity index is 2.37. The molecule has 1 aromatic rings. The molecule has 0 aliphatic carbocycles. The second-order valence-corrected chi connectivity index (χ2v) is 4.06. The lowest BCUT2D eigenvalue weighted by molar-refractivity contribution is 0.189. The standard InChI is InChI=1S/C12H23N3O/c1-4-6-13-11(2)12-9-14-15(10-12)7-5-8-16-3/h9-11,13H,4-8H2,1-3H3. The average Bonchev–Trinajstić information content (AvgIpc) is 2.75. The van der Waals surface area contributed by atoms with Crippen LogP contribution in [0.1, 0.15) is 38.3 Å². The van der Waals surface area contributed by atoms with E-state index in [1.54, 1.807) is 7.11 Å². The SMILES string of the molecule is CCCNC(C)c1cnn(CCCOC)c1. The van der Waals surface area contributed by atoms with Crippen LogP contribution in [0.5, 0.6) is 0 Å². The van der Waals surface area contributed by atoms with Crippen molar-refractivity contribution >= 4 is 0 Å². The van der Waals surface area contributed by atoms with E-state index in [9.17, 15) is 0 Å². The minimum absolute atomic E-state index is 0.385. The van der Waals surface area contributed by atoms with Crippen molar-refractivity contribution < 1.29 is 4.74 Å². The molecule has 0 aliphatic rings. The normalized spacial score (nSPS) is 12.9. The van der Waals surface area contributed by atoms with E-state index in [1.807, 2.05) is 10.9 Å². The topological polar surface area (TPSA) is 39.1 Å². The molecule has 0 aliphatic heterocycles. The van der Waals surface area contributed by atoms with E-state index in [0.29, 0.717) is 6.04 Å². The summed E-state index contributed by atoms with van der Waals surface area (Å²) in [5.41, 5.74) is 1.26. The van der Waals surface area contributed by atoms with Gasteiger partial charge in [-0.1, -0.05) is 6.92 Å². The van der Waals surface area contributed by atoms with Crippen LogP contribution in [-0.2, 0) is 11.3 Å². The van der Waals surface area contributed by atoms with Gasteiger partial charge >= 0.3 is 0 Å². The predicted octanol–water partition coefficient (Wildman–Crippen LogP) is 1.98. The first-order valence-corrected chi connectivity index (χ1v) is 6.02. The molecule has 92 valence electrons. The van der Waals surface area contributed by atoms with Crippen molar-refractivity contribution in [2.24, 2.45) is 0 Å². The summed E-state index contributed by atoms with van der Waals surface area (Å²) in [5.74, 6) is 0. The number of aromatic nitrogens is 2. The zero-order valence-electron chi connectivity index (χ0n) is 10.6. The maximum Gasteiger partial charge on any atom is 0.0537 e. The van der Waals surface area contributed by atoms with Crippen molar-refractivity contribution in [1.82, 2.24) is 15.1 Å². The lowest BCUT2D eigenvalue weighted by atomic mass is 10.2. The Kier molecular flexibility index (Phi) is 6.11. The molecule has 0 saturated carbocycles. The molecule has 1 aromatic heterocycles. The van der Waals surface area contributed by atoms with Gasteiger partial charge in [0.2, 0.25) is 0 Å². The smallest absolute Gasteiger partial charge is 0.0537 e. The first-order chi connectivity index (χ1) is 7.77. The molecule has 0 saturated heterocycles. The van der Waals surface area contributed by atoms with E-state index in [2.05, 4.69) is 30.5 Å². The summed E-state index contributed by atoms with van der Waals surface area (Å²) in [7, 11) is 1.73. The molecule has 1 N–H and O–H groups in total. The summed E-state index contributed by atoms with van der Waals surface area (Å²) in [6, 6.07) is 0.385. The van der Waals surface area contributed by atoms with Crippen LogP contribution in [0.25, 0.3) is 0 Å². The van der Waals surface area contributed by atoms with Crippen LogP contribution in [0, 0.1) is 0 Å². The lowest BCUT2D eigenvalue weighted by Crippen LogP contribution is -2.18. The number of hydrogen-bond acceptors (Lipinski definition) is 3. The van der Waals surface area contributed by atoms with Crippen LogP contribution in [0.15, 0.2) is 12.4 Å². The van der Waals surface area contributed by atoms with Gasteiger partial charge in [0.25, 0.3) is 0 Å². The van der Waals surface area contributed by atoms with Crippen molar-refractivity contribution in [1.29, 1.82) is 0 Å². The first-order valence-electron chi connectivity index (χ1n) is 6.02. The fourth-order valence-corrected chi connectivity index (χ4v) is 1.58. The van der Waals surface area contributed by atoms with Crippen molar-refractivity contribution in [2.45, 2.75) is 39.3 Å². The minimum atomic E-state index is 0.385. The lowest BCUT2D eigenvalue weighted by Gasteiger charge is -2.10. The largest absolute Gasteiger partial charge is 0.385 e. The van der Waals surface area contributed by atoms with Gasteiger partial charge in [0, 0.05) is 38.1 Å². The molecule has 0 amide bonds. The Morgan fingerprint density at radius 1 is 1.56 bits per heavy atom. The Hall–Kier alpha value is -0.870. The van der Waals surface area contributed by atoms with Crippen LogP contribution >= 0.6 is 0 Å². The van der Waals surface area contributed by atoms with E-state index < -0.39 is 0 Å². The highest BCUT2D eigenvalue weighted by molar-refractivity contribution is 5.08. The van der Waals surface area contributed by atoms with Crippen LogP contribution in [0.3, 0.4) is 0 Å². The molecule has 16 heavy (non-hydrogen) atoms. The number of aryl methyl sites for hydroxylation is 1. The molecule has 4 nitrogen and oxygen atoms in total. The molecule has 0 radical (unpaired) electrons. The quantitative estimate of drug-likeness (QED) is 0.688. The Labute approximate surface area is 98.0 Å². The Morgan fingerprint density at radius 2 is 2.38 bits per heavy atom. The third-order valence-corrected chi connectivity index (χ3v) is 2.59. The van der Waals surface area contributed by atoms with Crippen molar-refractivity contribution in [3.63, 3.8) is 0 Å². The van der Waals surface area contributed by atoms with E-state index >= 15 is 0 Å². The monoisotopic (exact) mass is 225 g/mol. The Morgan fingerprint density at radius 3 is 3.06 bits per heavy atom. The zero-order chi connectivity index (χ0) is 11.8. The number of ether oxygens (including phenoxy) is 1. The van der Waals surface area contributed by atoms with Gasteiger partial charge in [-0.2, -0.15) is 5.10 Å². The molecular formula is C12H23N3O. The summed E-state index contributed by atoms with van der Waals surface area (Å²) in [4.78, 5) is 0. The van der Waals surface area contributed by atoms with E-state index in [1.165, 1.54) is 5.56 Å². The van der Waals surface area contributed by atoms with E-state index in [-0.39, 0.29) is 0 Å². The van der Waals surface area contributed by atoms with Crippen LogP contribution in [0.4, 0.5) is 0 Å². The third-order valence-electron chi connectivity index (χ3n) is 2.59. The van der Waals surface area contributed by atoms with Crippen LogP contribution in [0.2, 0.25) is 0 Å². The van der Waals surface area contributed by atoms with Gasteiger partial charge in [-0.15, -0.1) is 0 Å². The highest BCUT2D eigenvalue weighted by Gasteiger charge is 2.06. The van der Waals surface area contributed by atoms with Crippen molar-refractivity contribution in [3.05, 3.63) is 18.0 Å². The fraction of sp³-hybridized carbons (Fsp3) is 0.750. The van der Waals surface area contributed by atoms with Crippen LogP contribution in [-0.4, -0.2) is 30.0 Å². The summed E-state index contributed by atoms with van der Waals surface area (Å²) in [6.45, 7) is 7.11.